The zero-order chi connectivity index (χ0) is 13.1. The highest BCUT2D eigenvalue weighted by molar-refractivity contribution is 9.10. The van der Waals surface area contributed by atoms with Gasteiger partial charge < -0.3 is 10.5 Å². The second kappa shape index (κ2) is 5.71. The molecule has 18 heavy (non-hydrogen) atoms. The average Bonchev–Trinajstić information content (AvgIpc) is 2.32. The number of allylic oxidation sites excluding steroid dienone is 3. The molecule has 0 aromatic carbocycles. The van der Waals surface area contributed by atoms with Crippen molar-refractivity contribution in [3.8, 4) is 5.75 Å². The molecule has 0 bridgehead atoms. The van der Waals surface area contributed by atoms with Gasteiger partial charge in [0, 0.05) is 12.0 Å². The molecule has 0 aliphatic heterocycles. The fourth-order valence-electron chi connectivity index (χ4n) is 1.60. The van der Waals surface area contributed by atoms with E-state index in [9.17, 15) is 4.39 Å². The molecule has 96 valence electrons. The second-order valence-electron chi connectivity index (χ2n) is 3.91. The van der Waals surface area contributed by atoms with Gasteiger partial charge in [-0.05, 0) is 34.5 Å². The monoisotopic (exact) mass is 332 g/mol. The van der Waals surface area contributed by atoms with Gasteiger partial charge >= 0.3 is 0 Å². The summed E-state index contributed by atoms with van der Waals surface area (Å²) < 4.78 is 19.2. The minimum absolute atomic E-state index is 0.00357. The molecule has 0 spiro atoms. The van der Waals surface area contributed by atoms with E-state index in [1.54, 1.807) is 12.1 Å². The van der Waals surface area contributed by atoms with E-state index in [-0.39, 0.29) is 22.7 Å². The van der Waals surface area contributed by atoms with Crippen LogP contribution in [0.5, 0.6) is 5.75 Å². The van der Waals surface area contributed by atoms with E-state index >= 15 is 0 Å². The largest absolute Gasteiger partial charge is 0.489 e. The Bertz CT molecular complexity index is 519. The van der Waals surface area contributed by atoms with E-state index in [0.29, 0.717) is 16.8 Å². The quantitative estimate of drug-likeness (QED) is 0.854. The van der Waals surface area contributed by atoms with Crippen LogP contribution in [0.15, 0.2) is 34.6 Å². The molecule has 1 aromatic heterocycles. The van der Waals surface area contributed by atoms with Crippen LogP contribution in [0.4, 0.5) is 10.2 Å². The lowest BCUT2D eigenvalue weighted by molar-refractivity contribution is 0.274. The predicted octanol–water partition coefficient (Wildman–Crippen LogP) is 3.89. The van der Waals surface area contributed by atoms with Gasteiger partial charge in [-0.25, -0.2) is 9.37 Å². The number of nitrogens with zero attached hydrogens (tertiary/aromatic N) is 1. The van der Waals surface area contributed by atoms with Crippen LogP contribution in [-0.4, -0.2) is 11.6 Å². The molecule has 3 nitrogen and oxygen atoms in total. The Morgan fingerprint density at radius 2 is 2.39 bits per heavy atom. The third kappa shape index (κ3) is 3.23. The minimum Gasteiger partial charge on any atom is -0.489 e. The molecule has 6 heteroatoms. The van der Waals surface area contributed by atoms with E-state index in [1.807, 2.05) is 0 Å². The summed E-state index contributed by atoms with van der Waals surface area (Å²) in [4.78, 5) is 3.92. The summed E-state index contributed by atoms with van der Waals surface area (Å²) in [6, 6.07) is 1.66. The Balaban J connectivity index is 2.03. The zero-order valence-electron chi connectivity index (χ0n) is 9.37. The molecule has 0 fully saturated rings. The van der Waals surface area contributed by atoms with Crippen LogP contribution in [0, 0.1) is 5.92 Å². The first-order chi connectivity index (χ1) is 8.56. The highest BCUT2D eigenvalue weighted by Gasteiger charge is 2.13. The number of halogens is 3. The summed E-state index contributed by atoms with van der Waals surface area (Å²) in [6.45, 7) is 0.345. The van der Waals surface area contributed by atoms with Crippen molar-refractivity contribution in [3.05, 3.63) is 39.7 Å². The highest BCUT2D eigenvalue weighted by Crippen LogP contribution is 2.30. The van der Waals surface area contributed by atoms with Gasteiger partial charge in [0.05, 0.1) is 11.1 Å². The van der Waals surface area contributed by atoms with Gasteiger partial charge in [-0.2, -0.15) is 0 Å². The Morgan fingerprint density at radius 1 is 1.61 bits per heavy atom. The van der Waals surface area contributed by atoms with Gasteiger partial charge in [0.15, 0.2) is 11.6 Å². The normalized spacial score (nSPS) is 18.6. The molecular formula is C12H11BrClFN2O. The van der Waals surface area contributed by atoms with Crippen LogP contribution >= 0.6 is 27.5 Å². The highest BCUT2D eigenvalue weighted by atomic mass is 79.9. The van der Waals surface area contributed by atoms with Crippen molar-refractivity contribution in [3.63, 3.8) is 0 Å². The summed E-state index contributed by atoms with van der Waals surface area (Å²) >= 11 is 9.03. The molecule has 0 amide bonds. The Hall–Kier alpha value is -1.07. The van der Waals surface area contributed by atoms with Gasteiger partial charge in [-0.1, -0.05) is 17.7 Å². The number of hydrogen-bond acceptors (Lipinski definition) is 3. The van der Waals surface area contributed by atoms with Crippen LogP contribution in [0.2, 0.25) is 5.15 Å². The third-order valence-electron chi connectivity index (χ3n) is 2.49. The molecule has 1 aliphatic rings. The minimum atomic E-state index is -0.238. The zero-order valence-corrected chi connectivity index (χ0v) is 11.7. The van der Waals surface area contributed by atoms with Crippen LogP contribution in [0.25, 0.3) is 0 Å². The van der Waals surface area contributed by atoms with Crippen LogP contribution in [-0.2, 0) is 0 Å². The Morgan fingerprint density at radius 3 is 3.11 bits per heavy atom. The Labute approximate surface area is 118 Å². The van der Waals surface area contributed by atoms with Gasteiger partial charge in [-0.15, -0.1) is 0 Å². The lowest BCUT2D eigenvalue weighted by Crippen LogP contribution is -2.12. The average molecular weight is 334 g/mol. The maximum Gasteiger partial charge on any atom is 0.167 e. The van der Waals surface area contributed by atoms with E-state index < -0.39 is 0 Å². The summed E-state index contributed by atoms with van der Waals surface area (Å²) in [6.07, 6.45) is 5.51. The van der Waals surface area contributed by atoms with E-state index in [4.69, 9.17) is 22.1 Å². The first kappa shape index (κ1) is 13.4. The maximum absolute atomic E-state index is 13.0. The number of nitrogen functional groups attached to an aromatic ring is 1. The van der Waals surface area contributed by atoms with Crippen molar-refractivity contribution in [2.45, 2.75) is 6.42 Å². The Kier molecular flexibility index (Phi) is 4.24. The van der Waals surface area contributed by atoms with Gasteiger partial charge in [-0.3, -0.25) is 0 Å². The molecule has 0 radical (unpaired) electrons. The molecule has 1 aliphatic carbocycles. The fraction of sp³-hybridized carbons (Fsp3) is 0.250. The topological polar surface area (TPSA) is 48.1 Å². The second-order valence-corrected chi connectivity index (χ2v) is 5.12. The number of aromatic nitrogens is 1. The third-order valence-corrected chi connectivity index (χ3v) is 3.61. The first-order valence-electron chi connectivity index (χ1n) is 5.34. The van der Waals surface area contributed by atoms with Crippen molar-refractivity contribution < 1.29 is 9.13 Å². The number of hydrogen-bond donors (Lipinski definition) is 1. The SMILES string of the molecule is Nc1nc(Cl)c(Br)cc1OC[C@H]1C=C(F)C=CC1. The lowest BCUT2D eigenvalue weighted by atomic mass is 10.0. The van der Waals surface area contributed by atoms with Gasteiger partial charge in [0.1, 0.15) is 11.0 Å². The molecular weight excluding hydrogens is 323 g/mol. The summed E-state index contributed by atoms with van der Waals surface area (Å²) in [7, 11) is 0. The predicted molar refractivity (Wildman–Crippen MR) is 73.3 cm³/mol. The fourth-order valence-corrected chi connectivity index (χ4v) is 2.04. The maximum atomic E-state index is 13.0. The first-order valence-corrected chi connectivity index (χ1v) is 6.51. The molecule has 0 unspecified atom stereocenters. The van der Waals surface area contributed by atoms with Crippen molar-refractivity contribution in [2.24, 2.45) is 5.92 Å². The van der Waals surface area contributed by atoms with Crippen LogP contribution in [0.3, 0.4) is 0 Å². The summed E-state index contributed by atoms with van der Waals surface area (Å²) in [5, 5.41) is 0.284. The molecule has 1 aromatic rings. The lowest BCUT2D eigenvalue weighted by Gasteiger charge is -2.16. The van der Waals surface area contributed by atoms with Crippen molar-refractivity contribution in [2.75, 3.05) is 12.3 Å². The van der Waals surface area contributed by atoms with E-state index in [1.165, 1.54) is 12.2 Å². The van der Waals surface area contributed by atoms with Crippen LogP contribution in [0.1, 0.15) is 6.42 Å². The number of anilines is 1. The number of rotatable bonds is 3. The van der Waals surface area contributed by atoms with Gasteiger partial charge in [0.25, 0.3) is 0 Å². The van der Waals surface area contributed by atoms with Gasteiger partial charge in [0.2, 0.25) is 0 Å². The van der Waals surface area contributed by atoms with Crippen molar-refractivity contribution in [1.82, 2.24) is 4.98 Å². The van der Waals surface area contributed by atoms with Crippen molar-refractivity contribution >= 4 is 33.3 Å². The number of nitrogens with two attached hydrogens (primary N) is 1. The number of pyridine rings is 1. The molecule has 1 heterocycles. The van der Waals surface area contributed by atoms with E-state index in [2.05, 4.69) is 20.9 Å². The molecule has 0 saturated carbocycles. The molecule has 1 atom stereocenters. The standard InChI is InChI=1S/C12H11BrClFN2O/c13-9-5-10(12(16)17-11(9)14)18-6-7-2-1-3-8(15)4-7/h1,3-5,7H,2,6H2,(H2,16,17)/t7-/m1/s1. The molecule has 2 N–H and O–H groups in total. The number of ether oxygens (including phenoxy) is 1. The smallest absolute Gasteiger partial charge is 0.167 e. The van der Waals surface area contributed by atoms with E-state index in [0.717, 1.165) is 6.42 Å². The molecule has 2 rings (SSSR count). The van der Waals surface area contributed by atoms with Crippen molar-refractivity contribution in [1.29, 1.82) is 0 Å². The molecule has 0 saturated heterocycles. The van der Waals surface area contributed by atoms with Crippen LogP contribution < -0.4 is 10.5 Å². The summed E-state index contributed by atoms with van der Waals surface area (Å²) in [5.74, 6) is 0.427. The summed E-state index contributed by atoms with van der Waals surface area (Å²) in [5.41, 5.74) is 5.69.